The number of nitrogens with one attached hydrogen (secondary N) is 1. The SMILES string of the molecule is C=CC1=C(C)OC(C(=O)NC(=C)SC(=C)CCSCC)O1. The molecule has 0 aromatic heterocycles. The zero-order chi connectivity index (χ0) is 15.8. The van der Waals surface area contributed by atoms with Gasteiger partial charge in [0.2, 0.25) is 0 Å². The second-order valence-electron chi connectivity index (χ2n) is 4.19. The van der Waals surface area contributed by atoms with Crippen molar-refractivity contribution in [3.8, 4) is 0 Å². The van der Waals surface area contributed by atoms with Crippen LogP contribution in [0.1, 0.15) is 20.3 Å². The molecule has 0 radical (unpaired) electrons. The predicted molar refractivity (Wildman–Crippen MR) is 90.5 cm³/mol. The number of allylic oxidation sites excluding steroid dienone is 3. The smallest absolute Gasteiger partial charge is 0.321 e. The average molecular weight is 327 g/mol. The third kappa shape index (κ3) is 5.93. The van der Waals surface area contributed by atoms with E-state index in [0.29, 0.717) is 16.5 Å². The van der Waals surface area contributed by atoms with Crippen LogP contribution < -0.4 is 5.32 Å². The molecule has 1 aliphatic rings. The largest absolute Gasteiger partial charge is 0.447 e. The van der Waals surface area contributed by atoms with Crippen LogP contribution in [0.4, 0.5) is 0 Å². The summed E-state index contributed by atoms with van der Waals surface area (Å²) >= 11 is 3.22. The Bertz CT molecular complexity index is 472. The molecule has 1 amide bonds. The number of hydrogen-bond acceptors (Lipinski definition) is 5. The minimum atomic E-state index is -0.987. The lowest BCUT2D eigenvalue weighted by atomic mass is 10.4. The fourth-order valence-corrected chi connectivity index (χ4v) is 3.03. The van der Waals surface area contributed by atoms with Crippen molar-refractivity contribution in [2.24, 2.45) is 0 Å². The number of thioether (sulfide) groups is 2. The highest BCUT2D eigenvalue weighted by atomic mass is 32.2. The zero-order valence-electron chi connectivity index (χ0n) is 12.4. The van der Waals surface area contributed by atoms with E-state index < -0.39 is 6.29 Å². The molecule has 0 aliphatic carbocycles. The Balaban J connectivity index is 2.34. The Hall–Kier alpha value is -1.27. The maximum atomic E-state index is 12.0. The van der Waals surface area contributed by atoms with E-state index in [0.717, 1.165) is 22.8 Å². The van der Waals surface area contributed by atoms with Gasteiger partial charge in [-0.1, -0.05) is 38.4 Å². The zero-order valence-corrected chi connectivity index (χ0v) is 14.1. The minimum Gasteiger partial charge on any atom is -0.447 e. The van der Waals surface area contributed by atoms with Crippen molar-refractivity contribution in [3.63, 3.8) is 0 Å². The van der Waals surface area contributed by atoms with Crippen LogP contribution in [0.15, 0.2) is 47.3 Å². The summed E-state index contributed by atoms with van der Waals surface area (Å²) in [4.78, 5) is 12.9. The molecule has 1 unspecified atom stereocenters. The molecule has 0 aromatic carbocycles. The van der Waals surface area contributed by atoms with E-state index in [9.17, 15) is 4.79 Å². The highest BCUT2D eigenvalue weighted by Gasteiger charge is 2.30. The van der Waals surface area contributed by atoms with Crippen molar-refractivity contribution in [1.82, 2.24) is 5.32 Å². The summed E-state index contributed by atoms with van der Waals surface area (Å²) in [5.41, 5.74) is 0. The lowest BCUT2D eigenvalue weighted by Crippen LogP contribution is -2.34. The maximum absolute atomic E-state index is 12.0. The third-order valence-corrected chi connectivity index (χ3v) is 4.27. The number of amides is 1. The lowest BCUT2D eigenvalue weighted by Gasteiger charge is -2.13. The summed E-state index contributed by atoms with van der Waals surface area (Å²) in [6, 6.07) is 0. The molecule has 0 aromatic rings. The molecule has 1 heterocycles. The van der Waals surface area contributed by atoms with Crippen molar-refractivity contribution in [2.45, 2.75) is 26.6 Å². The van der Waals surface area contributed by atoms with Gasteiger partial charge in [-0.2, -0.15) is 11.8 Å². The summed E-state index contributed by atoms with van der Waals surface area (Å²) < 4.78 is 10.6. The van der Waals surface area contributed by atoms with Crippen LogP contribution in [-0.4, -0.2) is 23.7 Å². The van der Waals surface area contributed by atoms with Crippen LogP contribution in [0.3, 0.4) is 0 Å². The first-order valence-electron chi connectivity index (χ1n) is 6.57. The second-order valence-corrected chi connectivity index (χ2v) is 6.86. The predicted octanol–water partition coefficient (Wildman–Crippen LogP) is 3.75. The van der Waals surface area contributed by atoms with Crippen LogP contribution in [0, 0.1) is 0 Å². The molecule has 6 heteroatoms. The number of ether oxygens (including phenoxy) is 2. The van der Waals surface area contributed by atoms with Crippen molar-refractivity contribution in [3.05, 3.63) is 47.3 Å². The fourth-order valence-electron chi connectivity index (χ4n) is 1.52. The van der Waals surface area contributed by atoms with E-state index in [-0.39, 0.29) is 5.91 Å². The topological polar surface area (TPSA) is 47.6 Å². The van der Waals surface area contributed by atoms with Gasteiger partial charge in [-0.15, -0.1) is 0 Å². The molecule has 1 atom stereocenters. The van der Waals surface area contributed by atoms with Gasteiger partial charge in [-0.3, -0.25) is 4.79 Å². The van der Waals surface area contributed by atoms with E-state index >= 15 is 0 Å². The summed E-state index contributed by atoms with van der Waals surface area (Å²) in [5.74, 6) is 2.74. The molecule has 116 valence electrons. The Morgan fingerprint density at radius 1 is 1.43 bits per heavy atom. The normalized spacial score (nSPS) is 17.0. The summed E-state index contributed by atoms with van der Waals surface area (Å²) in [7, 11) is 0. The van der Waals surface area contributed by atoms with Gasteiger partial charge in [0.15, 0.2) is 5.76 Å². The molecule has 21 heavy (non-hydrogen) atoms. The molecule has 0 saturated heterocycles. The molecule has 1 aliphatic heterocycles. The Kier molecular flexibility index (Phi) is 7.53. The van der Waals surface area contributed by atoms with Crippen LogP contribution in [0.5, 0.6) is 0 Å². The monoisotopic (exact) mass is 327 g/mol. The fraction of sp³-hybridized carbons (Fsp3) is 0.400. The molecule has 0 saturated carbocycles. The van der Waals surface area contributed by atoms with Gasteiger partial charge in [-0.05, 0) is 35.8 Å². The van der Waals surface area contributed by atoms with E-state index in [1.807, 2.05) is 11.8 Å². The van der Waals surface area contributed by atoms with Gasteiger partial charge in [0.05, 0.1) is 5.03 Å². The first kappa shape index (κ1) is 17.8. The van der Waals surface area contributed by atoms with Crippen molar-refractivity contribution < 1.29 is 14.3 Å². The van der Waals surface area contributed by atoms with Crippen LogP contribution in [0.25, 0.3) is 0 Å². The van der Waals surface area contributed by atoms with Gasteiger partial charge in [0, 0.05) is 0 Å². The molecule has 4 nitrogen and oxygen atoms in total. The summed E-state index contributed by atoms with van der Waals surface area (Å²) in [6.07, 6.45) is 1.41. The second kappa shape index (κ2) is 8.89. The van der Waals surface area contributed by atoms with Crippen molar-refractivity contribution in [2.75, 3.05) is 11.5 Å². The van der Waals surface area contributed by atoms with E-state index in [2.05, 4.69) is 32.0 Å². The number of rotatable bonds is 9. The summed E-state index contributed by atoms with van der Waals surface area (Å²) in [6.45, 7) is 15.2. The van der Waals surface area contributed by atoms with Crippen molar-refractivity contribution in [1.29, 1.82) is 0 Å². The molecule has 1 N–H and O–H groups in total. The third-order valence-electron chi connectivity index (χ3n) is 2.52. The Labute approximate surface area is 134 Å². The molecule has 0 bridgehead atoms. The van der Waals surface area contributed by atoms with Crippen LogP contribution in [0.2, 0.25) is 0 Å². The minimum absolute atomic E-state index is 0.389. The lowest BCUT2D eigenvalue weighted by molar-refractivity contribution is -0.144. The van der Waals surface area contributed by atoms with Gasteiger partial charge in [-0.25, -0.2) is 0 Å². The number of hydrogen-bond donors (Lipinski definition) is 1. The van der Waals surface area contributed by atoms with E-state index in [4.69, 9.17) is 9.47 Å². The van der Waals surface area contributed by atoms with Gasteiger partial charge in [0.1, 0.15) is 5.76 Å². The molecule has 0 fully saturated rings. The number of carbonyl (C=O) groups excluding carboxylic acids is 1. The molecular formula is C15H21NO3S2. The van der Waals surface area contributed by atoms with Gasteiger partial charge >= 0.3 is 12.2 Å². The number of carbonyl (C=O) groups is 1. The van der Waals surface area contributed by atoms with Gasteiger partial charge < -0.3 is 14.8 Å². The first-order chi connectivity index (χ1) is 9.97. The Morgan fingerprint density at radius 2 is 2.14 bits per heavy atom. The first-order valence-corrected chi connectivity index (χ1v) is 8.54. The molecular weight excluding hydrogens is 306 g/mol. The standard InChI is InChI=1S/C15H21NO3S2/c1-6-13-11(4)18-15(19-13)14(17)16-12(5)21-10(3)8-9-20-7-2/h6,15H,1,3,5,7-9H2,2,4H3,(H,16,17). The highest BCUT2D eigenvalue weighted by molar-refractivity contribution is 8.06. The average Bonchev–Trinajstić information content (AvgIpc) is 2.80. The Morgan fingerprint density at radius 3 is 2.71 bits per heavy atom. The quantitative estimate of drug-likeness (QED) is 0.654. The molecule has 0 spiro atoms. The van der Waals surface area contributed by atoms with E-state index in [1.165, 1.54) is 17.8 Å². The molecule has 1 rings (SSSR count). The summed E-state index contributed by atoms with van der Waals surface area (Å²) in [5, 5.41) is 3.18. The van der Waals surface area contributed by atoms with Gasteiger partial charge in [0.25, 0.3) is 0 Å². The van der Waals surface area contributed by atoms with Crippen LogP contribution in [-0.2, 0) is 14.3 Å². The maximum Gasteiger partial charge on any atom is 0.321 e. The van der Waals surface area contributed by atoms with Crippen LogP contribution >= 0.6 is 23.5 Å². The van der Waals surface area contributed by atoms with E-state index in [1.54, 1.807) is 6.92 Å². The highest BCUT2D eigenvalue weighted by Crippen LogP contribution is 2.26. The van der Waals surface area contributed by atoms with Crippen molar-refractivity contribution >= 4 is 29.4 Å².